The smallest absolute Gasteiger partial charge is 0.242 e. The van der Waals surface area contributed by atoms with E-state index in [1.165, 1.54) is 11.1 Å². The fourth-order valence-electron chi connectivity index (χ4n) is 4.04. The Bertz CT molecular complexity index is 662. The molecule has 0 radical (unpaired) electrons. The van der Waals surface area contributed by atoms with Crippen molar-refractivity contribution in [2.45, 2.75) is 59.2 Å². The zero-order valence-electron chi connectivity index (χ0n) is 17.8. The highest BCUT2D eigenvalue weighted by molar-refractivity contribution is 5.87. The van der Waals surface area contributed by atoms with Gasteiger partial charge < -0.3 is 16.0 Å². The SMILES string of the molecule is CC(=O)N1CCC(N(Cc2ccccc2C)CC(C)C)C[C@@H]1C(=O)NCCN. The first-order valence-electron chi connectivity index (χ1n) is 10.4. The fraction of sp³-hybridized carbons (Fsp3) is 0.636. The molecule has 1 unspecified atom stereocenters. The molecule has 6 nitrogen and oxygen atoms in total. The summed E-state index contributed by atoms with van der Waals surface area (Å²) in [7, 11) is 0. The maximum absolute atomic E-state index is 12.7. The van der Waals surface area contributed by atoms with Crippen LogP contribution < -0.4 is 11.1 Å². The van der Waals surface area contributed by atoms with Gasteiger partial charge in [0.05, 0.1) is 0 Å². The highest BCUT2D eigenvalue weighted by Gasteiger charge is 2.37. The molecule has 1 fully saturated rings. The summed E-state index contributed by atoms with van der Waals surface area (Å²) in [6.07, 6.45) is 1.55. The van der Waals surface area contributed by atoms with Crippen molar-refractivity contribution in [1.82, 2.24) is 15.1 Å². The Morgan fingerprint density at radius 3 is 2.64 bits per heavy atom. The number of nitrogens with one attached hydrogen (secondary N) is 1. The van der Waals surface area contributed by atoms with E-state index in [0.29, 0.717) is 32.0 Å². The van der Waals surface area contributed by atoms with E-state index in [1.807, 2.05) is 0 Å². The third kappa shape index (κ3) is 6.04. The van der Waals surface area contributed by atoms with Crippen LogP contribution in [0.2, 0.25) is 0 Å². The van der Waals surface area contributed by atoms with Crippen LogP contribution in [0.1, 0.15) is 44.7 Å². The molecule has 6 heteroatoms. The fourth-order valence-corrected chi connectivity index (χ4v) is 4.04. The highest BCUT2D eigenvalue weighted by atomic mass is 16.2. The molecule has 0 saturated carbocycles. The van der Waals surface area contributed by atoms with E-state index in [0.717, 1.165) is 19.5 Å². The van der Waals surface area contributed by atoms with E-state index >= 15 is 0 Å². The summed E-state index contributed by atoms with van der Waals surface area (Å²) in [4.78, 5) is 29.0. The van der Waals surface area contributed by atoms with E-state index in [4.69, 9.17) is 5.73 Å². The minimum Gasteiger partial charge on any atom is -0.353 e. The second-order valence-electron chi connectivity index (χ2n) is 8.24. The summed E-state index contributed by atoms with van der Waals surface area (Å²) in [5, 5.41) is 2.87. The molecule has 2 rings (SSSR count). The maximum atomic E-state index is 12.7. The molecule has 1 aliphatic heterocycles. The Labute approximate surface area is 169 Å². The molecule has 2 atom stereocenters. The largest absolute Gasteiger partial charge is 0.353 e. The lowest BCUT2D eigenvalue weighted by atomic mass is 9.93. The van der Waals surface area contributed by atoms with Crippen LogP contribution in [-0.4, -0.2) is 59.9 Å². The van der Waals surface area contributed by atoms with Gasteiger partial charge in [0.25, 0.3) is 0 Å². The van der Waals surface area contributed by atoms with Gasteiger partial charge in [0.1, 0.15) is 6.04 Å². The van der Waals surface area contributed by atoms with E-state index in [1.54, 1.807) is 11.8 Å². The van der Waals surface area contributed by atoms with Crippen molar-refractivity contribution in [3.05, 3.63) is 35.4 Å². The number of carbonyl (C=O) groups excluding carboxylic acids is 2. The predicted octanol–water partition coefficient (Wildman–Crippen LogP) is 1.91. The van der Waals surface area contributed by atoms with Gasteiger partial charge in [0.15, 0.2) is 0 Å². The molecule has 1 heterocycles. The number of nitrogens with two attached hydrogens (primary N) is 1. The molecular formula is C22H36N4O2. The lowest BCUT2D eigenvalue weighted by Crippen LogP contribution is -2.57. The molecule has 0 spiro atoms. The molecule has 1 aromatic carbocycles. The monoisotopic (exact) mass is 388 g/mol. The predicted molar refractivity (Wildman–Crippen MR) is 113 cm³/mol. The van der Waals surface area contributed by atoms with Gasteiger partial charge in [-0.05, 0) is 36.8 Å². The van der Waals surface area contributed by atoms with Crippen molar-refractivity contribution in [3.63, 3.8) is 0 Å². The van der Waals surface area contributed by atoms with Crippen LogP contribution in [0.25, 0.3) is 0 Å². The second-order valence-corrected chi connectivity index (χ2v) is 8.24. The van der Waals surface area contributed by atoms with Gasteiger partial charge in [-0.2, -0.15) is 0 Å². The van der Waals surface area contributed by atoms with Gasteiger partial charge >= 0.3 is 0 Å². The Kier molecular flexibility index (Phi) is 8.45. The van der Waals surface area contributed by atoms with Crippen molar-refractivity contribution in [1.29, 1.82) is 0 Å². The van der Waals surface area contributed by atoms with Gasteiger partial charge in [0, 0.05) is 45.7 Å². The number of aryl methyl sites for hydroxylation is 1. The average Bonchev–Trinajstić information content (AvgIpc) is 2.66. The Hall–Kier alpha value is -1.92. The van der Waals surface area contributed by atoms with Crippen molar-refractivity contribution < 1.29 is 9.59 Å². The third-order valence-electron chi connectivity index (χ3n) is 5.48. The van der Waals surface area contributed by atoms with Crippen molar-refractivity contribution in [2.75, 3.05) is 26.2 Å². The molecule has 1 aromatic rings. The minimum absolute atomic E-state index is 0.0411. The first-order valence-corrected chi connectivity index (χ1v) is 10.4. The molecule has 1 saturated heterocycles. The quantitative estimate of drug-likeness (QED) is 0.713. The van der Waals surface area contributed by atoms with Gasteiger partial charge in [0.2, 0.25) is 11.8 Å². The summed E-state index contributed by atoms with van der Waals surface area (Å²) in [5.74, 6) is 0.394. The number of hydrogen-bond donors (Lipinski definition) is 2. The number of rotatable bonds is 8. The van der Waals surface area contributed by atoms with Crippen LogP contribution in [0.3, 0.4) is 0 Å². The summed E-state index contributed by atoms with van der Waals surface area (Å²) < 4.78 is 0. The van der Waals surface area contributed by atoms with Gasteiger partial charge in [-0.3, -0.25) is 14.5 Å². The number of amides is 2. The van der Waals surface area contributed by atoms with Crippen LogP contribution in [0.5, 0.6) is 0 Å². The van der Waals surface area contributed by atoms with Crippen LogP contribution in [0.4, 0.5) is 0 Å². The minimum atomic E-state index is -0.422. The summed E-state index contributed by atoms with van der Waals surface area (Å²) in [5.41, 5.74) is 8.14. The molecule has 0 aromatic heterocycles. The Morgan fingerprint density at radius 2 is 2.04 bits per heavy atom. The van der Waals surface area contributed by atoms with Crippen LogP contribution >= 0.6 is 0 Å². The number of nitrogens with zero attached hydrogens (tertiary/aromatic N) is 2. The molecule has 3 N–H and O–H groups in total. The summed E-state index contributed by atoms with van der Waals surface area (Å²) >= 11 is 0. The number of likely N-dealkylation sites (tertiary alicyclic amines) is 1. The molecule has 0 aliphatic carbocycles. The average molecular weight is 389 g/mol. The molecule has 0 bridgehead atoms. The second kappa shape index (κ2) is 10.6. The third-order valence-corrected chi connectivity index (χ3v) is 5.48. The van der Waals surface area contributed by atoms with E-state index < -0.39 is 6.04 Å². The zero-order chi connectivity index (χ0) is 20.7. The lowest BCUT2D eigenvalue weighted by molar-refractivity contribution is -0.142. The zero-order valence-corrected chi connectivity index (χ0v) is 17.8. The topological polar surface area (TPSA) is 78.7 Å². The Balaban J connectivity index is 2.19. The molecule has 156 valence electrons. The van der Waals surface area contributed by atoms with Crippen molar-refractivity contribution in [3.8, 4) is 0 Å². The van der Waals surface area contributed by atoms with Crippen molar-refractivity contribution >= 4 is 11.8 Å². The first kappa shape index (κ1) is 22.4. The maximum Gasteiger partial charge on any atom is 0.242 e. The number of hydrogen-bond acceptors (Lipinski definition) is 4. The van der Waals surface area contributed by atoms with E-state index in [2.05, 4.69) is 55.3 Å². The van der Waals surface area contributed by atoms with E-state index in [-0.39, 0.29) is 17.9 Å². The van der Waals surface area contributed by atoms with Crippen molar-refractivity contribution in [2.24, 2.45) is 11.7 Å². The summed E-state index contributed by atoms with van der Waals surface area (Å²) in [6.45, 7) is 11.4. The molecule has 2 amide bonds. The highest BCUT2D eigenvalue weighted by Crippen LogP contribution is 2.25. The first-order chi connectivity index (χ1) is 13.3. The lowest BCUT2D eigenvalue weighted by Gasteiger charge is -2.43. The number of piperidine rings is 1. The van der Waals surface area contributed by atoms with Crippen LogP contribution in [0.15, 0.2) is 24.3 Å². The van der Waals surface area contributed by atoms with Crippen LogP contribution in [0, 0.1) is 12.8 Å². The molecule has 1 aliphatic rings. The number of carbonyl (C=O) groups is 2. The van der Waals surface area contributed by atoms with Gasteiger partial charge in [-0.1, -0.05) is 38.1 Å². The standard InChI is InChI=1S/C22H36N4O2/c1-16(2)14-25(15-19-8-6-5-7-17(19)3)20-9-12-26(18(4)27)21(13-20)22(28)24-11-10-23/h5-8,16,20-21H,9-15,23H2,1-4H3,(H,24,28)/t20?,21-/m1/s1. The number of benzene rings is 1. The summed E-state index contributed by atoms with van der Waals surface area (Å²) in [6, 6.07) is 8.32. The normalized spacial score (nSPS) is 19.9. The molecule has 28 heavy (non-hydrogen) atoms. The van der Waals surface area contributed by atoms with E-state index in [9.17, 15) is 9.59 Å². The van der Waals surface area contributed by atoms with Gasteiger partial charge in [-0.25, -0.2) is 0 Å². The Morgan fingerprint density at radius 1 is 1.32 bits per heavy atom. The van der Waals surface area contributed by atoms with Crippen LogP contribution in [-0.2, 0) is 16.1 Å². The van der Waals surface area contributed by atoms with Gasteiger partial charge in [-0.15, -0.1) is 0 Å². The molecular weight excluding hydrogens is 352 g/mol.